The molecule has 1 aliphatic carbocycles. The van der Waals surface area contributed by atoms with Crippen molar-refractivity contribution < 1.29 is 4.79 Å². The van der Waals surface area contributed by atoms with Crippen LogP contribution in [0.15, 0.2) is 22.7 Å². The number of amides is 1. The van der Waals surface area contributed by atoms with Gasteiger partial charge in [-0.3, -0.25) is 4.79 Å². The van der Waals surface area contributed by atoms with Crippen LogP contribution in [0.4, 0.5) is 5.69 Å². The van der Waals surface area contributed by atoms with Crippen molar-refractivity contribution in [1.29, 1.82) is 0 Å². The Labute approximate surface area is 103 Å². The molecule has 16 heavy (non-hydrogen) atoms. The van der Waals surface area contributed by atoms with E-state index in [-0.39, 0.29) is 5.91 Å². The summed E-state index contributed by atoms with van der Waals surface area (Å²) >= 11 is 3.41. The highest BCUT2D eigenvalue weighted by Crippen LogP contribution is 2.39. The van der Waals surface area contributed by atoms with Crippen molar-refractivity contribution in [2.24, 2.45) is 11.7 Å². The molecule has 3 nitrogen and oxygen atoms in total. The van der Waals surface area contributed by atoms with Crippen LogP contribution in [-0.2, 0) is 4.79 Å². The number of halogens is 1. The van der Waals surface area contributed by atoms with Gasteiger partial charge in [0.2, 0.25) is 5.91 Å². The summed E-state index contributed by atoms with van der Waals surface area (Å²) in [7, 11) is 0. The van der Waals surface area contributed by atoms with Crippen LogP contribution >= 0.6 is 15.9 Å². The highest BCUT2D eigenvalue weighted by atomic mass is 79.9. The smallest absolute Gasteiger partial charge is 0.248 e. The van der Waals surface area contributed by atoms with Crippen LogP contribution in [0.5, 0.6) is 0 Å². The number of anilines is 1. The fourth-order valence-corrected chi connectivity index (χ4v) is 2.57. The standard InChI is InChI=1S/C12H13BrN2O/c13-8-3-4-10-9(5-8)11(14)12(16)15(10)6-7-1-2-7/h3-5,7,11H,1-2,6,14H2. The van der Waals surface area contributed by atoms with Crippen LogP contribution < -0.4 is 10.6 Å². The zero-order valence-corrected chi connectivity index (χ0v) is 10.4. The number of nitrogens with two attached hydrogens (primary N) is 1. The van der Waals surface area contributed by atoms with Crippen molar-refractivity contribution in [2.45, 2.75) is 18.9 Å². The Morgan fingerprint density at radius 1 is 1.44 bits per heavy atom. The second-order valence-electron chi connectivity index (χ2n) is 4.57. The fraction of sp³-hybridized carbons (Fsp3) is 0.417. The lowest BCUT2D eigenvalue weighted by Gasteiger charge is -2.16. The number of nitrogens with zero attached hydrogens (tertiary/aromatic N) is 1. The molecule has 0 saturated heterocycles. The van der Waals surface area contributed by atoms with E-state index < -0.39 is 6.04 Å². The Bertz CT molecular complexity index is 456. The van der Waals surface area contributed by atoms with Gasteiger partial charge in [-0.15, -0.1) is 0 Å². The molecule has 0 aromatic heterocycles. The van der Waals surface area contributed by atoms with Gasteiger partial charge in [0.15, 0.2) is 0 Å². The van der Waals surface area contributed by atoms with E-state index in [9.17, 15) is 4.79 Å². The van der Waals surface area contributed by atoms with Gasteiger partial charge in [-0.1, -0.05) is 15.9 Å². The predicted molar refractivity (Wildman–Crippen MR) is 66.1 cm³/mol. The van der Waals surface area contributed by atoms with Gasteiger partial charge in [0.05, 0.1) is 0 Å². The molecule has 1 aromatic carbocycles. The summed E-state index contributed by atoms with van der Waals surface area (Å²) in [6.07, 6.45) is 2.48. The lowest BCUT2D eigenvalue weighted by Crippen LogP contribution is -2.33. The van der Waals surface area contributed by atoms with E-state index >= 15 is 0 Å². The first kappa shape index (κ1) is 10.3. The average molecular weight is 281 g/mol. The monoisotopic (exact) mass is 280 g/mol. The van der Waals surface area contributed by atoms with E-state index in [1.165, 1.54) is 12.8 Å². The van der Waals surface area contributed by atoms with Gasteiger partial charge in [0, 0.05) is 22.3 Å². The molecule has 4 heteroatoms. The number of carbonyl (C=O) groups is 1. The second-order valence-corrected chi connectivity index (χ2v) is 5.49. The van der Waals surface area contributed by atoms with Crippen molar-refractivity contribution >= 4 is 27.5 Å². The first-order chi connectivity index (χ1) is 7.66. The molecule has 1 amide bonds. The van der Waals surface area contributed by atoms with Crippen LogP contribution in [0, 0.1) is 5.92 Å². The Morgan fingerprint density at radius 2 is 2.19 bits per heavy atom. The summed E-state index contributed by atoms with van der Waals surface area (Å²) in [4.78, 5) is 13.9. The Morgan fingerprint density at radius 3 is 2.88 bits per heavy atom. The van der Waals surface area contributed by atoms with E-state index in [0.717, 1.165) is 22.3 Å². The van der Waals surface area contributed by atoms with Gasteiger partial charge in [-0.25, -0.2) is 0 Å². The molecule has 0 spiro atoms. The van der Waals surface area contributed by atoms with Crippen LogP contribution in [-0.4, -0.2) is 12.5 Å². The van der Waals surface area contributed by atoms with Crippen LogP contribution in [0.1, 0.15) is 24.4 Å². The first-order valence-corrected chi connectivity index (χ1v) is 6.32. The molecule has 1 aliphatic heterocycles. The maximum Gasteiger partial charge on any atom is 0.248 e. The van der Waals surface area contributed by atoms with Gasteiger partial charge in [0.25, 0.3) is 0 Å². The van der Waals surface area contributed by atoms with Gasteiger partial charge in [-0.2, -0.15) is 0 Å². The van der Waals surface area contributed by atoms with Gasteiger partial charge in [-0.05, 0) is 37.0 Å². The number of hydrogen-bond acceptors (Lipinski definition) is 2. The third kappa shape index (κ3) is 1.57. The largest absolute Gasteiger partial charge is 0.316 e. The number of carbonyl (C=O) groups excluding carboxylic acids is 1. The summed E-state index contributed by atoms with van der Waals surface area (Å²) in [6.45, 7) is 0.834. The molecule has 2 aliphatic rings. The molecule has 1 unspecified atom stereocenters. The third-order valence-corrected chi connectivity index (χ3v) is 3.78. The minimum absolute atomic E-state index is 0.0417. The third-order valence-electron chi connectivity index (χ3n) is 3.29. The topological polar surface area (TPSA) is 46.3 Å². The quantitative estimate of drug-likeness (QED) is 0.903. The van der Waals surface area contributed by atoms with E-state index in [1.54, 1.807) is 0 Å². The maximum atomic E-state index is 12.0. The van der Waals surface area contributed by atoms with Gasteiger partial charge >= 0.3 is 0 Å². The normalized spacial score (nSPS) is 23.8. The van der Waals surface area contributed by atoms with Crippen LogP contribution in [0.3, 0.4) is 0 Å². The van der Waals surface area contributed by atoms with E-state index in [1.807, 2.05) is 23.1 Å². The van der Waals surface area contributed by atoms with E-state index in [2.05, 4.69) is 15.9 Å². The summed E-state index contributed by atoms with van der Waals surface area (Å²) in [5, 5.41) is 0. The molecule has 1 aromatic rings. The number of benzene rings is 1. The van der Waals surface area contributed by atoms with E-state index in [4.69, 9.17) is 5.73 Å². The van der Waals surface area contributed by atoms with Crippen molar-refractivity contribution in [3.63, 3.8) is 0 Å². The van der Waals surface area contributed by atoms with Gasteiger partial charge in [0.1, 0.15) is 6.04 Å². The Balaban J connectivity index is 1.99. The molecule has 0 bridgehead atoms. The molecule has 1 atom stereocenters. The lowest BCUT2D eigenvalue weighted by molar-refractivity contribution is -0.119. The van der Waals surface area contributed by atoms with Crippen molar-refractivity contribution in [2.75, 3.05) is 11.4 Å². The number of hydrogen-bond donors (Lipinski definition) is 1. The molecule has 0 radical (unpaired) electrons. The molecule has 1 saturated carbocycles. The molecule has 3 rings (SSSR count). The number of fused-ring (bicyclic) bond motifs is 1. The molecule has 2 N–H and O–H groups in total. The minimum Gasteiger partial charge on any atom is -0.316 e. The lowest BCUT2D eigenvalue weighted by atomic mass is 10.1. The summed E-state index contributed by atoms with van der Waals surface area (Å²) in [5.74, 6) is 0.728. The SMILES string of the molecule is NC1C(=O)N(CC2CC2)c2ccc(Br)cc21. The summed E-state index contributed by atoms with van der Waals surface area (Å²) in [5.41, 5.74) is 7.87. The second kappa shape index (κ2) is 3.57. The van der Waals surface area contributed by atoms with Crippen molar-refractivity contribution in [3.05, 3.63) is 28.2 Å². The molecule has 84 valence electrons. The van der Waals surface area contributed by atoms with Crippen molar-refractivity contribution in [1.82, 2.24) is 0 Å². The molecule has 1 heterocycles. The molecular formula is C12H13BrN2O. The van der Waals surface area contributed by atoms with Crippen molar-refractivity contribution in [3.8, 4) is 0 Å². The zero-order chi connectivity index (χ0) is 11.3. The zero-order valence-electron chi connectivity index (χ0n) is 8.82. The maximum absolute atomic E-state index is 12.0. The first-order valence-electron chi connectivity index (χ1n) is 5.53. The van der Waals surface area contributed by atoms with Crippen LogP contribution in [0.2, 0.25) is 0 Å². The van der Waals surface area contributed by atoms with Crippen LogP contribution in [0.25, 0.3) is 0 Å². The van der Waals surface area contributed by atoms with Gasteiger partial charge < -0.3 is 10.6 Å². The summed E-state index contributed by atoms with van der Waals surface area (Å²) in [6, 6.07) is 5.41. The van der Waals surface area contributed by atoms with E-state index in [0.29, 0.717) is 5.92 Å². The molecular weight excluding hydrogens is 268 g/mol. The highest BCUT2D eigenvalue weighted by molar-refractivity contribution is 9.10. The predicted octanol–water partition coefficient (Wildman–Crippen LogP) is 2.21. The Hall–Kier alpha value is -0.870. The average Bonchev–Trinajstić information content (AvgIpc) is 3.04. The Kier molecular flexibility index (Phi) is 2.30. The minimum atomic E-state index is -0.480. The summed E-state index contributed by atoms with van der Waals surface area (Å²) < 4.78 is 0.975. The fourth-order valence-electron chi connectivity index (χ4n) is 2.19. The highest BCUT2D eigenvalue weighted by Gasteiger charge is 2.37. The number of rotatable bonds is 2. The molecule has 1 fully saturated rings.